The SMILES string of the molecule is CCCc1nn(C)c2c1nc(C(C)Cl)n2C(C)CC1CC1. The van der Waals surface area contributed by atoms with Crippen molar-refractivity contribution in [1.82, 2.24) is 19.3 Å². The molecule has 1 aliphatic carbocycles. The molecule has 2 aromatic rings. The Morgan fingerprint density at radius 1 is 1.33 bits per heavy atom. The average Bonchev–Trinajstić information content (AvgIpc) is 3.04. The van der Waals surface area contributed by atoms with E-state index in [-0.39, 0.29) is 5.38 Å². The molecule has 0 N–H and O–H groups in total. The Labute approximate surface area is 131 Å². The van der Waals surface area contributed by atoms with E-state index in [2.05, 4.69) is 23.5 Å². The number of imidazole rings is 1. The lowest BCUT2D eigenvalue weighted by atomic mass is 10.1. The molecule has 0 amide bonds. The molecule has 0 radical (unpaired) electrons. The van der Waals surface area contributed by atoms with E-state index in [9.17, 15) is 0 Å². The average molecular weight is 309 g/mol. The highest BCUT2D eigenvalue weighted by atomic mass is 35.5. The lowest BCUT2D eigenvalue weighted by molar-refractivity contribution is 0.464. The molecule has 3 rings (SSSR count). The second kappa shape index (κ2) is 5.64. The fourth-order valence-corrected chi connectivity index (χ4v) is 3.44. The molecule has 0 spiro atoms. The lowest BCUT2D eigenvalue weighted by Gasteiger charge is -2.18. The van der Waals surface area contributed by atoms with E-state index >= 15 is 0 Å². The summed E-state index contributed by atoms with van der Waals surface area (Å²) in [5.74, 6) is 1.88. The van der Waals surface area contributed by atoms with Gasteiger partial charge in [0.2, 0.25) is 0 Å². The zero-order valence-corrected chi connectivity index (χ0v) is 14.2. The monoisotopic (exact) mass is 308 g/mol. The number of aryl methyl sites for hydroxylation is 2. The molecule has 0 aliphatic heterocycles. The van der Waals surface area contributed by atoms with Crippen molar-refractivity contribution in [2.45, 2.75) is 64.3 Å². The van der Waals surface area contributed by atoms with Crippen LogP contribution in [0.5, 0.6) is 0 Å². The Morgan fingerprint density at radius 2 is 2.05 bits per heavy atom. The van der Waals surface area contributed by atoms with Gasteiger partial charge < -0.3 is 4.57 Å². The van der Waals surface area contributed by atoms with Crippen LogP contribution in [-0.2, 0) is 13.5 Å². The van der Waals surface area contributed by atoms with Crippen molar-refractivity contribution in [3.8, 4) is 0 Å². The van der Waals surface area contributed by atoms with Gasteiger partial charge in [0.15, 0.2) is 5.65 Å². The van der Waals surface area contributed by atoms with Crippen molar-refractivity contribution in [2.75, 3.05) is 0 Å². The Hall–Kier alpha value is -1.03. The molecule has 4 nitrogen and oxygen atoms in total. The highest BCUT2D eigenvalue weighted by Gasteiger charge is 2.29. The van der Waals surface area contributed by atoms with Crippen LogP contribution in [0.2, 0.25) is 0 Å². The van der Waals surface area contributed by atoms with Crippen LogP contribution < -0.4 is 0 Å². The number of fused-ring (bicyclic) bond motifs is 1. The minimum absolute atomic E-state index is 0.0754. The van der Waals surface area contributed by atoms with Crippen molar-refractivity contribution >= 4 is 22.8 Å². The van der Waals surface area contributed by atoms with E-state index in [1.807, 2.05) is 18.7 Å². The molecule has 0 aromatic carbocycles. The number of alkyl halides is 1. The molecule has 116 valence electrons. The van der Waals surface area contributed by atoms with E-state index in [0.29, 0.717) is 6.04 Å². The predicted octanol–water partition coefficient (Wildman–Crippen LogP) is 4.38. The molecule has 5 heteroatoms. The largest absolute Gasteiger partial charge is 0.309 e. The third-order valence-corrected chi connectivity index (χ3v) is 4.61. The Kier molecular flexibility index (Phi) is 4.00. The predicted molar refractivity (Wildman–Crippen MR) is 86.8 cm³/mol. The molecular formula is C16H25ClN4. The van der Waals surface area contributed by atoms with E-state index in [1.165, 1.54) is 19.3 Å². The summed E-state index contributed by atoms with van der Waals surface area (Å²) in [5.41, 5.74) is 3.28. The number of hydrogen-bond acceptors (Lipinski definition) is 2. The second-order valence-corrected chi connectivity index (χ2v) is 7.13. The summed E-state index contributed by atoms with van der Waals surface area (Å²) in [4.78, 5) is 4.85. The van der Waals surface area contributed by atoms with Crippen molar-refractivity contribution < 1.29 is 0 Å². The molecule has 0 bridgehead atoms. The van der Waals surface area contributed by atoms with Gasteiger partial charge in [-0.3, -0.25) is 4.68 Å². The van der Waals surface area contributed by atoms with Crippen molar-refractivity contribution in [2.24, 2.45) is 13.0 Å². The first-order valence-corrected chi connectivity index (χ1v) is 8.54. The summed E-state index contributed by atoms with van der Waals surface area (Å²) in [5, 5.41) is 4.59. The summed E-state index contributed by atoms with van der Waals surface area (Å²) < 4.78 is 4.32. The third-order valence-electron chi connectivity index (χ3n) is 4.42. The molecule has 1 saturated carbocycles. The standard InChI is InChI=1S/C16H25ClN4/c1-5-6-13-14-16(20(4)19-13)21(15(18-14)11(3)17)10(2)9-12-7-8-12/h10-12H,5-9H2,1-4H3. The summed E-state index contributed by atoms with van der Waals surface area (Å²) >= 11 is 6.40. The number of nitrogens with zero attached hydrogens (tertiary/aromatic N) is 4. The molecule has 1 fully saturated rings. The topological polar surface area (TPSA) is 35.6 Å². The molecule has 1 aliphatic rings. The minimum atomic E-state index is -0.0754. The van der Waals surface area contributed by atoms with Gasteiger partial charge in [-0.05, 0) is 32.6 Å². The van der Waals surface area contributed by atoms with Crippen LogP contribution in [0, 0.1) is 5.92 Å². The Bertz CT molecular complexity index is 636. The lowest BCUT2D eigenvalue weighted by Crippen LogP contribution is -2.13. The van der Waals surface area contributed by atoms with E-state index < -0.39 is 0 Å². The maximum Gasteiger partial charge on any atom is 0.158 e. The highest BCUT2D eigenvalue weighted by molar-refractivity contribution is 6.20. The van der Waals surface area contributed by atoms with Crippen LogP contribution in [-0.4, -0.2) is 19.3 Å². The molecule has 2 unspecified atom stereocenters. The number of hydrogen-bond donors (Lipinski definition) is 0. The number of halogens is 1. The van der Waals surface area contributed by atoms with Gasteiger partial charge in [-0.25, -0.2) is 4.98 Å². The quantitative estimate of drug-likeness (QED) is 0.742. The summed E-state index contributed by atoms with van der Waals surface area (Å²) in [6.07, 6.45) is 6.03. The number of rotatable bonds is 6. The highest BCUT2D eigenvalue weighted by Crippen LogP contribution is 2.39. The zero-order valence-electron chi connectivity index (χ0n) is 13.4. The van der Waals surface area contributed by atoms with Crippen LogP contribution in [0.3, 0.4) is 0 Å². The smallest absolute Gasteiger partial charge is 0.158 e. The Morgan fingerprint density at radius 3 is 2.62 bits per heavy atom. The number of aromatic nitrogens is 4. The van der Waals surface area contributed by atoms with Gasteiger partial charge in [0.1, 0.15) is 11.3 Å². The fourth-order valence-electron chi connectivity index (χ4n) is 3.28. The zero-order chi connectivity index (χ0) is 15.1. The fraction of sp³-hybridized carbons (Fsp3) is 0.750. The van der Waals surface area contributed by atoms with Crippen molar-refractivity contribution in [1.29, 1.82) is 0 Å². The van der Waals surface area contributed by atoms with Crippen molar-refractivity contribution in [3.05, 3.63) is 11.5 Å². The van der Waals surface area contributed by atoms with E-state index in [0.717, 1.165) is 41.4 Å². The van der Waals surface area contributed by atoms with Gasteiger partial charge in [0.25, 0.3) is 0 Å². The first-order chi connectivity index (χ1) is 10.0. The van der Waals surface area contributed by atoms with Gasteiger partial charge in [-0.2, -0.15) is 5.10 Å². The molecule has 21 heavy (non-hydrogen) atoms. The van der Waals surface area contributed by atoms with Gasteiger partial charge >= 0.3 is 0 Å². The van der Waals surface area contributed by atoms with Crippen LogP contribution in [0.15, 0.2) is 0 Å². The van der Waals surface area contributed by atoms with Crippen LogP contribution in [0.1, 0.15) is 69.4 Å². The van der Waals surface area contributed by atoms with Gasteiger partial charge in [-0.1, -0.05) is 26.2 Å². The van der Waals surface area contributed by atoms with Crippen LogP contribution in [0.4, 0.5) is 0 Å². The van der Waals surface area contributed by atoms with Gasteiger partial charge in [-0.15, -0.1) is 11.6 Å². The first-order valence-electron chi connectivity index (χ1n) is 8.10. The summed E-state index contributed by atoms with van der Waals surface area (Å²) in [7, 11) is 2.02. The minimum Gasteiger partial charge on any atom is -0.309 e. The molecule has 2 atom stereocenters. The van der Waals surface area contributed by atoms with Crippen LogP contribution >= 0.6 is 11.6 Å². The third kappa shape index (κ3) is 2.70. The maximum atomic E-state index is 6.40. The van der Waals surface area contributed by atoms with Crippen molar-refractivity contribution in [3.63, 3.8) is 0 Å². The second-order valence-electron chi connectivity index (χ2n) is 6.48. The maximum absolute atomic E-state index is 6.40. The van der Waals surface area contributed by atoms with Crippen LogP contribution in [0.25, 0.3) is 11.2 Å². The Balaban J connectivity index is 2.11. The normalized spacial score (nSPS) is 18.3. The van der Waals surface area contributed by atoms with E-state index in [1.54, 1.807) is 0 Å². The van der Waals surface area contributed by atoms with Gasteiger partial charge in [0, 0.05) is 13.1 Å². The molecular weight excluding hydrogens is 284 g/mol. The first kappa shape index (κ1) is 14.9. The molecule has 0 saturated heterocycles. The van der Waals surface area contributed by atoms with E-state index in [4.69, 9.17) is 16.6 Å². The van der Waals surface area contributed by atoms with Gasteiger partial charge in [0.05, 0.1) is 11.1 Å². The summed E-state index contributed by atoms with van der Waals surface area (Å²) in [6, 6.07) is 0.434. The molecule has 2 heterocycles. The molecule has 2 aromatic heterocycles. The summed E-state index contributed by atoms with van der Waals surface area (Å²) in [6.45, 7) is 6.48.